The molecule has 5 heteroatoms. The van der Waals surface area contributed by atoms with Crippen LogP contribution in [0.15, 0.2) is 23.5 Å². The first-order valence-electron chi connectivity index (χ1n) is 5.15. The van der Waals surface area contributed by atoms with Crippen LogP contribution >= 0.6 is 0 Å². The Labute approximate surface area is 91.8 Å². The van der Waals surface area contributed by atoms with Gasteiger partial charge in [0.25, 0.3) is 0 Å². The smallest absolute Gasteiger partial charge is 0.235 e. The monoisotopic (exact) mass is 214 g/mol. The standard InChI is InChI=1S/C11H10N4O/c1-8-4-10-12-5-9(6-15(10)14-8)11(2-3-11)13-7-16/h4-6H,2-3H2,1H3. The van der Waals surface area contributed by atoms with Crippen LogP contribution in [0.5, 0.6) is 0 Å². The minimum atomic E-state index is -0.372. The lowest BCUT2D eigenvalue weighted by Gasteiger charge is -2.06. The molecule has 16 heavy (non-hydrogen) atoms. The molecule has 0 unspecified atom stereocenters. The first-order chi connectivity index (χ1) is 7.73. The van der Waals surface area contributed by atoms with E-state index < -0.39 is 0 Å². The lowest BCUT2D eigenvalue weighted by molar-refractivity contribution is 0.556. The van der Waals surface area contributed by atoms with E-state index in [0.29, 0.717) is 0 Å². The van der Waals surface area contributed by atoms with Crippen molar-refractivity contribution in [1.29, 1.82) is 0 Å². The molecule has 1 aliphatic rings. The molecule has 3 rings (SSSR count). The first kappa shape index (κ1) is 9.24. The number of isocyanates is 1. The number of rotatable bonds is 2. The van der Waals surface area contributed by atoms with Gasteiger partial charge in [0, 0.05) is 24.0 Å². The van der Waals surface area contributed by atoms with E-state index in [9.17, 15) is 4.79 Å². The van der Waals surface area contributed by atoms with E-state index in [2.05, 4.69) is 15.1 Å². The number of fused-ring (bicyclic) bond motifs is 1. The van der Waals surface area contributed by atoms with Crippen molar-refractivity contribution in [2.75, 3.05) is 0 Å². The van der Waals surface area contributed by atoms with Gasteiger partial charge in [0.1, 0.15) is 5.54 Å². The summed E-state index contributed by atoms with van der Waals surface area (Å²) in [7, 11) is 0. The van der Waals surface area contributed by atoms with Gasteiger partial charge in [-0.15, -0.1) is 0 Å². The van der Waals surface area contributed by atoms with E-state index in [1.165, 1.54) is 0 Å². The number of hydrogen-bond acceptors (Lipinski definition) is 4. The zero-order valence-corrected chi connectivity index (χ0v) is 8.84. The van der Waals surface area contributed by atoms with Gasteiger partial charge >= 0.3 is 0 Å². The number of carbonyl (C=O) groups excluding carboxylic acids is 1. The molecule has 0 N–H and O–H groups in total. The van der Waals surface area contributed by atoms with Crippen LogP contribution in [0.2, 0.25) is 0 Å². The topological polar surface area (TPSA) is 59.6 Å². The highest BCUT2D eigenvalue weighted by atomic mass is 16.1. The molecule has 2 heterocycles. The predicted molar refractivity (Wildman–Crippen MR) is 56.8 cm³/mol. The molecule has 2 aromatic rings. The molecule has 0 bridgehead atoms. The van der Waals surface area contributed by atoms with Gasteiger partial charge in [-0.25, -0.2) is 14.3 Å². The number of aromatic nitrogens is 3. The highest BCUT2D eigenvalue weighted by molar-refractivity contribution is 5.43. The Morgan fingerprint density at radius 1 is 1.56 bits per heavy atom. The van der Waals surface area contributed by atoms with Crippen LogP contribution in [0.4, 0.5) is 0 Å². The molecule has 0 amide bonds. The third-order valence-electron chi connectivity index (χ3n) is 2.96. The van der Waals surface area contributed by atoms with Crippen molar-refractivity contribution < 1.29 is 4.79 Å². The zero-order valence-electron chi connectivity index (χ0n) is 8.84. The molecule has 1 saturated carbocycles. The van der Waals surface area contributed by atoms with E-state index in [0.717, 1.165) is 29.7 Å². The lowest BCUT2D eigenvalue weighted by atomic mass is 10.1. The van der Waals surface area contributed by atoms with Crippen LogP contribution in [-0.2, 0) is 10.3 Å². The van der Waals surface area contributed by atoms with Gasteiger partial charge in [-0.1, -0.05) is 0 Å². The van der Waals surface area contributed by atoms with Crippen molar-refractivity contribution in [3.05, 3.63) is 29.7 Å². The maximum Gasteiger partial charge on any atom is 0.235 e. The zero-order chi connectivity index (χ0) is 11.2. The van der Waals surface area contributed by atoms with Crippen LogP contribution in [0.1, 0.15) is 24.1 Å². The molecular formula is C11H10N4O. The van der Waals surface area contributed by atoms with Crippen LogP contribution in [0, 0.1) is 6.92 Å². The molecule has 1 fully saturated rings. The van der Waals surface area contributed by atoms with Crippen molar-refractivity contribution >= 4 is 11.7 Å². The van der Waals surface area contributed by atoms with Gasteiger partial charge in [0.05, 0.1) is 5.69 Å². The summed E-state index contributed by atoms with van der Waals surface area (Å²) in [6.07, 6.45) is 7.07. The highest BCUT2D eigenvalue weighted by Gasteiger charge is 2.45. The SMILES string of the molecule is Cc1cc2ncc(C3(N=C=O)CC3)cn2n1. The summed E-state index contributed by atoms with van der Waals surface area (Å²) >= 11 is 0. The molecule has 0 aromatic carbocycles. The highest BCUT2D eigenvalue weighted by Crippen LogP contribution is 2.48. The van der Waals surface area contributed by atoms with Gasteiger partial charge in [0.2, 0.25) is 6.08 Å². The molecule has 0 spiro atoms. The van der Waals surface area contributed by atoms with Gasteiger partial charge in [0.15, 0.2) is 5.65 Å². The second kappa shape index (κ2) is 3.00. The van der Waals surface area contributed by atoms with E-state index in [4.69, 9.17) is 0 Å². The Morgan fingerprint density at radius 2 is 2.38 bits per heavy atom. The number of hydrogen-bond donors (Lipinski definition) is 0. The van der Waals surface area contributed by atoms with Crippen molar-refractivity contribution in [3.63, 3.8) is 0 Å². The maximum atomic E-state index is 10.4. The minimum Gasteiger partial charge on any atom is -0.237 e. The number of aliphatic imine (C=N–C) groups is 1. The Hall–Kier alpha value is -2.00. The fraction of sp³-hybridized carbons (Fsp3) is 0.364. The average molecular weight is 214 g/mol. The van der Waals surface area contributed by atoms with Crippen LogP contribution in [0.25, 0.3) is 5.65 Å². The molecule has 5 nitrogen and oxygen atoms in total. The Morgan fingerprint density at radius 3 is 3.06 bits per heavy atom. The summed E-state index contributed by atoms with van der Waals surface area (Å²) in [5, 5.41) is 4.29. The molecule has 1 aliphatic carbocycles. The largest absolute Gasteiger partial charge is 0.237 e. The van der Waals surface area contributed by atoms with Crippen molar-refractivity contribution in [2.24, 2.45) is 4.99 Å². The summed E-state index contributed by atoms with van der Waals surface area (Å²) in [6.45, 7) is 1.92. The summed E-state index contributed by atoms with van der Waals surface area (Å²) in [5.41, 5.74) is 2.30. The van der Waals surface area contributed by atoms with Gasteiger partial charge in [-0.05, 0) is 19.8 Å². The van der Waals surface area contributed by atoms with Gasteiger partial charge in [-0.3, -0.25) is 0 Å². The second-order valence-corrected chi connectivity index (χ2v) is 4.17. The number of nitrogens with zero attached hydrogens (tertiary/aromatic N) is 4. The van der Waals surface area contributed by atoms with Crippen molar-refractivity contribution in [1.82, 2.24) is 14.6 Å². The van der Waals surface area contributed by atoms with Crippen LogP contribution in [0.3, 0.4) is 0 Å². The molecule has 80 valence electrons. The van der Waals surface area contributed by atoms with Crippen LogP contribution < -0.4 is 0 Å². The predicted octanol–water partition coefficient (Wildman–Crippen LogP) is 1.36. The molecule has 2 aromatic heterocycles. The van der Waals surface area contributed by atoms with E-state index >= 15 is 0 Å². The van der Waals surface area contributed by atoms with Gasteiger partial charge < -0.3 is 0 Å². The Bertz CT molecular complexity index is 605. The third kappa shape index (κ3) is 1.26. The van der Waals surface area contributed by atoms with Crippen LogP contribution in [-0.4, -0.2) is 20.7 Å². The average Bonchev–Trinajstić information content (AvgIpc) is 2.93. The van der Waals surface area contributed by atoms with Crippen molar-refractivity contribution in [2.45, 2.75) is 25.3 Å². The van der Waals surface area contributed by atoms with E-state index in [1.807, 2.05) is 19.2 Å². The van der Waals surface area contributed by atoms with E-state index in [1.54, 1.807) is 16.8 Å². The fourth-order valence-corrected chi connectivity index (χ4v) is 1.91. The normalized spacial score (nSPS) is 17.1. The summed E-state index contributed by atoms with van der Waals surface area (Å²) < 4.78 is 1.73. The third-order valence-corrected chi connectivity index (χ3v) is 2.96. The molecular weight excluding hydrogens is 204 g/mol. The fourth-order valence-electron chi connectivity index (χ4n) is 1.91. The van der Waals surface area contributed by atoms with E-state index in [-0.39, 0.29) is 5.54 Å². The van der Waals surface area contributed by atoms with Crippen molar-refractivity contribution in [3.8, 4) is 0 Å². The molecule has 0 radical (unpaired) electrons. The Kier molecular flexibility index (Phi) is 1.73. The molecule has 0 saturated heterocycles. The van der Waals surface area contributed by atoms with Gasteiger partial charge in [-0.2, -0.15) is 10.1 Å². The second-order valence-electron chi connectivity index (χ2n) is 4.17. The quantitative estimate of drug-likeness (QED) is 0.560. The minimum absolute atomic E-state index is 0.372. The number of aryl methyl sites for hydroxylation is 1. The maximum absolute atomic E-state index is 10.4. The lowest BCUT2D eigenvalue weighted by Crippen LogP contribution is -2.05. The Balaban J connectivity index is 2.15. The summed E-state index contributed by atoms with van der Waals surface area (Å²) in [4.78, 5) is 18.5. The summed E-state index contributed by atoms with van der Waals surface area (Å²) in [5.74, 6) is 0. The first-order valence-corrected chi connectivity index (χ1v) is 5.15. The molecule has 0 atom stereocenters. The summed E-state index contributed by atoms with van der Waals surface area (Å²) in [6, 6.07) is 1.91. The molecule has 0 aliphatic heterocycles.